The molecule has 0 aromatic heterocycles. The Morgan fingerprint density at radius 2 is 1.45 bits per heavy atom. The zero-order chi connectivity index (χ0) is 23.5. The molecule has 1 aliphatic heterocycles. The summed E-state index contributed by atoms with van der Waals surface area (Å²) in [6.07, 6.45) is 9.11. The van der Waals surface area contributed by atoms with Crippen LogP contribution in [0, 0.1) is 29.3 Å². The standard InChI is InChI=1S/C28H37F3OSi/c1-2-3-7-16-33(24-8-5-4-6-9-24)17-12-22(13-18-33)21-10-14-28(32,15-11-21)23-19-25(29)27(31)26(30)20-23/h4-6,8-9,19-22,32H,2-3,7,10-18H2,1H3. The third-order valence-electron chi connectivity index (χ3n) is 8.68. The molecule has 2 aromatic carbocycles. The lowest BCUT2D eigenvalue weighted by Gasteiger charge is -2.44. The molecule has 4 rings (SSSR count). The second-order valence-corrected chi connectivity index (χ2v) is 15.2. The Labute approximate surface area is 197 Å². The van der Waals surface area contributed by atoms with Crippen LogP contribution in [0.1, 0.15) is 70.3 Å². The average molecular weight is 475 g/mol. The third-order valence-corrected chi connectivity index (χ3v) is 14.0. The summed E-state index contributed by atoms with van der Waals surface area (Å²) in [7, 11) is -1.47. The lowest BCUT2D eigenvalue weighted by atomic mass is 9.70. The maximum atomic E-state index is 13.7. The SMILES string of the molecule is CCCCC[Si]1(c2ccccc2)CCC(C2CCC(O)(c3cc(F)c(F)c(F)c3)CC2)CC1. The Hall–Kier alpha value is -1.59. The Kier molecular flexibility index (Phi) is 7.69. The van der Waals surface area contributed by atoms with Crippen LogP contribution >= 0.6 is 0 Å². The van der Waals surface area contributed by atoms with Gasteiger partial charge in [-0.3, -0.25) is 0 Å². The van der Waals surface area contributed by atoms with Crippen molar-refractivity contribution in [3.8, 4) is 0 Å². The molecule has 0 unspecified atom stereocenters. The fourth-order valence-electron chi connectivity index (χ4n) is 6.55. The summed E-state index contributed by atoms with van der Waals surface area (Å²) in [5.41, 5.74) is -1.09. The fourth-order valence-corrected chi connectivity index (χ4v) is 11.8. The molecule has 1 nitrogen and oxygen atoms in total. The molecule has 33 heavy (non-hydrogen) atoms. The van der Waals surface area contributed by atoms with E-state index in [2.05, 4.69) is 37.3 Å². The quantitative estimate of drug-likeness (QED) is 0.251. The maximum absolute atomic E-state index is 13.7. The van der Waals surface area contributed by atoms with E-state index >= 15 is 0 Å². The monoisotopic (exact) mass is 474 g/mol. The van der Waals surface area contributed by atoms with Crippen LogP contribution in [-0.4, -0.2) is 13.2 Å². The predicted molar refractivity (Wildman–Crippen MR) is 131 cm³/mol. The zero-order valence-corrected chi connectivity index (χ0v) is 20.8. The van der Waals surface area contributed by atoms with Crippen molar-refractivity contribution >= 4 is 13.3 Å². The van der Waals surface area contributed by atoms with Crippen LogP contribution in [0.2, 0.25) is 18.1 Å². The Morgan fingerprint density at radius 3 is 2.03 bits per heavy atom. The summed E-state index contributed by atoms with van der Waals surface area (Å²) in [5.74, 6) is -2.69. The summed E-state index contributed by atoms with van der Waals surface area (Å²) in [4.78, 5) is 0. The Balaban J connectivity index is 1.39. The largest absolute Gasteiger partial charge is 0.385 e. The van der Waals surface area contributed by atoms with Gasteiger partial charge < -0.3 is 5.11 Å². The first-order chi connectivity index (χ1) is 15.9. The molecule has 0 atom stereocenters. The highest BCUT2D eigenvalue weighted by Crippen LogP contribution is 2.47. The van der Waals surface area contributed by atoms with Gasteiger partial charge in [0, 0.05) is 0 Å². The Bertz CT molecular complexity index is 893. The number of halogens is 3. The maximum Gasteiger partial charge on any atom is 0.194 e. The number of hydrogen-bond donors (Lipinski definition) is 1. The van der Waals surface area contributed by atoms with Crippen molar-refractivity contribution in [3.05, 3.63) is 65.5 Å². The molecule has 2 aliphatic rings. The van der Waals surface area contributed by atoms with Gasteiger partial charge in [-0.15, -0.1) is 0 Å². The molecule has 0 spiro atoms. The predicted octanol–water partition coefficient (Wildman–Crippen LogP) is 7.44. The van der Waals surface area contributed by atoms with E-state index in [9.17, 15) is 18.3 Å². The summed E-state index contributed by atoms with van der Waals surface area (Å²) in [6, 6.07) is 17.2. The van der Waals surface area contributed by atoms with Crippen molar-refractivity contribution in [2.75, 3.05) is 0 Å². The first-order valence-electron chi connectivity index (χ1n) is 12.8. The van der Waals surface area contributed by atoms with Crippen LogP contribution < -0.4 is 5.19 Å². The minimum Gasteiger partial charge on any atom is -0.385 e. The number of unbranched alkanes of at least 4 members (excludes halogenated alkanes) is 2. The molecule has 1 saturated carbocycles. The molecule has 1 aliphatic carbocycles. The van der Waals surface area contributed by atoms with Gasteiger partial charge in [0.15, 0.2) is 17.5 Å². The number of aliphatic hydroxyl groups is 1. The molecular formula is C28H37F3OSi. The molecule has 2 aromatic rings. The second-order valence-electron chi connectivity index (χ2n) is 10.6. The molecule has 2 fully saturated rings. The first kappa shape index (κ1) is 24.5. The highest BCUT2D eigenvalue weighted by Gasteiger charge is 2.43. The zero-order valence-electron chi connectivity index (χ0n) is 19.8. The molecule has 1 heterocycles. The minimum absolute atomic E-state index is 0.174. The lowest BCUT2D eigenvalue weighted by Crippen LogP contribution is -2.50. The van der Waals surface area contributed by atoms with E-state index in [-0.39, 0.29) is 5.56 Å². The van der Waals surface area contributed by atoms with E-state index < -0.39 is 31.1 Å². The summed E-state index contributed by atoms with van der Waals surface area (Å²) >= 11 is 0. The topological polar surface area (TPSA) is 20.2 Å². The van der Waals surface area contributed by atoms with Gasteiger partial charge in [-0.1, -0.05) is 92.7 Å². The van der Waals surface area contributed by atoms with E-state index in [4.69, 9.17) is 0 Å². The van der Waals surface area contributed by atoms with Crippen molar-refractivity contribution in [2.24, 2.45) is 11.8 Å². The van der Waals surface area contributed by atoms with Gasteiger partial charge in [0.2, 0.25) is 0 Å². The van der Waals surface area contributed by atoms with E-state index in [1.165, 1.54) is 50.2 Å². The van der Waals surface area contributed by atoms with Crippen LogP contribution in [0.5, 0.6) is 0 Å². The van der Waals surface area contributed by atoms with E-state index in [0.717, 1.165) is 25.0 Å². The van der Waals surface area contributed by atoms with Gasteiger partial charge in [-0.2, -0.15) is 0 Å². The minimum atomic E-state index is -1.47. The summed E-state index contributed by atoms with van der Waals surface area (Å²) in [6.45, 7) is 2.27. The molecular weight excluding hydrogens is 437 g/mol. The summed E-state index contributed by atoms with van der Waals surface area (Å²) in [5, 5.41) is 12.7. The molecule has 1 saturated heterocycles. The van der Waals surface area contributed by atoms with Crippen LogP contribution in [-0.2, 0) is 5.60 Å². The van der Waals surface area contributed by atoms with E-state index in [1.54, 1.807) is 5.19 Å². The second kappa shape index (κ2) is 10.3. The molecule has 1 N–H and O–H groups in total. The number of rotatable bonds is 7. The van der Waals surface area contributed by atoms with Crippen LogP contribution in [0.4, 0.5) is 13.2 Å². The summed E-state index contributed by atoms with van der Waals surface area (Å²) < 4.78 is 40.8. The molecule has 0 bridgehead atoms. The van der Waals surface area contributed by atoms with Gasteiger partial charge in [0.05, 0.1) is 13.7 Å². The first-order valence-corrected chi connectivity index (χ1v) is 15.4. The average Bonchev–Trinajstić information content (AvgIpc) is 2.84. The van der Waals surface area contributed by atoms with E-state index in [1.807, 2.05) is 0 Å². The Morgan fingerprint density at radius 1 is 0.879 bits per heavy atom. The number of benzene rings is 2. The van der Waals surface area contributed by atoms with Crippen molar-refractivity contribution in [1.82, 2.24) is 0 Å². The van der Waals surface area contributed by atoms with Gasteiger partial charge >= 0.3 is 0 Å². The highest BCUT2D eigenvalue weighted by molar-refractivity contribution is 6.92. The van der Waals surface area contributed by atoms with E-state index in [0.29, 0.717) is 24.7 Å². The van der Waals surface area contributed by atoms with Crippen molar-refractivity contribution < 1.29 is 18.3 Å². The fraction of sp³-hybridized carbons (Fsp3) is 0.571. The lowest BCUT2D eigenvalue weighted by molar-refractivity contribution is -0.0236. The van der Waals surface area contributed by atoms with Crippen LogP contribution in [0.25, 0.3) is 0 Å². The van der Waals surface area contributed by atoms with Crippen LogP contribution in [0.15, 0.2) is 42.5 Å². The smallest absolute Gasteiger partial charge is 0.194 e. The van der Waals surface area contributed by atoms with Crippen LogP contribution in [0.3, 0.4) is 0 Å². The third kappa shape index (κ3) is 5.24. The van der Waals surface area contributed by atoms with Gasteiger partial charge in [0.1, 0.15) is 0 Å². The normalized spacial score (nSPS) is 30.3. The molecule has 0 radical (unpaired) electrons. The number of hydrogen-bond acceptors (Lipinski definition) is 1. The highest BCUT2D eigenvalue weighted by atomic mass is 28.3. The van der Waals surface area contributed by atoms with Crippen molar-refractivity contribution in [3.63, 3.8) is 0 Å². The molecule has 5 heteroatoms. The van der Waals surface area contributed by atoms with Crippen molar-refractivity contribution in [1.29, 1.82) is 0 Å². The van der Waals surface area contributed by atoms with Crippen molar-refractivity contribution in [2.45, 2.75) is 88.4 Å². The van der Waals surface area contributed by atoms with Gasteiger partial charge in [0.25, 0.3) is 0 Å². The molecule has 0 amide bonds. The molecule has 180 valence electrons. The van der Waals surface area contributed by atoms with Gasteiger partial charge in [-0.25, -0.2) is 13.2 Å². The van der Waals surface area contributed by atoms with Gasteiger partial charge in [-0.05, 0) is 55.2 Å².